The number of amides is 1. The number of hydrogen-bond donors (Lipinski definition) is 1. The average molecular weight is 324 g/mol. The average Bonchev–Trinajstić information content (AvgIpc) is 2.45. The molecule has 1 aliphatic rings. The molecule has 3 nitrogen and oxygen atoms in total. The number of carbonyl (C=O) groups is 1. The van der Waals surface area contributed by atoms with E-state index < -0.39 is 0 Å². The van der Waals surface area contributed by atoms with E-state index in [-0.39, 0.29) is 5.91 Å². The van der Waals surface area contributed by atoms with Crippen molar-refractivity contribution >= 4 is 21.8 Å². The minimum Gasteiger partial charge on any atom is -0.496 e. The van der Waals surface area contributed by atoms with Crippen LogP contribution in [0.1, 0.15) is 29.6 Å². The number of nitrogens with one attached hydrogen (secondary N) is 1. The van der Waals surface area contributed by atoms with Crippen LogP contribution < -0.4 is 10.1 Å². The van der Waals surface area contributed by atoms with Gasteiger partial charge in [0.15, 0.2) is 0 Å². The predicted molar refractivity (Wildman–Crippen MR) is 79.5 cm³/mol. The van der Waals surface area contributed by atoms with Gasteiger partial charge in [-0.15, -0.1) is 0 Å². The molecule has 19 heavy (non-hydrogen) atoms. The molecule has 0 aromatic heterocycles. The van der Waals surface area contributed by atoms with Gasteiger partial charge in [-0.25, -0.2) is 0 Å². The third kappa shape index (κ3) is 3.83. The van der Waals surface area contributed by atoms with E-state index in [2.05, 4.69) is 33.4 Å². The van der Waals surface area contributed by atoms with Gasteiger partial charge < -0.3 is 10.1 Å². The number of hydrogen-bond acceptors (Lipinski definition) is 2. The standard InChI is InChI=1S/C15H18BrNO2/c1-19-14-8-7-12(9-13(14)16)15(18)17-10-11-5-3-2-4-6-11/h2-3,7-9,11H,4-6,10H2,1H3,(H,17,18). The van der Waals surface area contributed by atoms with Crippen molar-refractivity contribution < 1.29 is 9.53 Å². The number of allylic oxidation sites excluding steroid dienone is 2. The maximum atomic E-state index is 12.0. The summed E-state index contributed by atoms with van der Waals surface area (Å²) in [6.45, 7) is 0.743. The van der Waals surface area contributed by atoms with Gasteiger partial charge in [0.05, 0.1) is 11.6 Å². The molecule has 0 fully saturated rings. The zero-order valence-electron chi connectivity index (χ0n) is 11.0. The predicted octanol–water partition coefficient (Wildman–Crippen LogP) is 3.54. The van der Waals surface area contributed by atoms with Crippen molar-refractivity contribution in [2.45, 2.75) is 19.3 Å². The first-order chi connectivity index (χ1) is 9.20. The quantitative estimate of drug-likeness (QED) is 0.860. The normalized spacial score (nSPS) is 18.1. The topological polar surface area (TPSA) is 38.3 Å². The highest BCUT2D eigenvalue weighted by Gasteiger charge is 2.13. The summed E-state index contributed by atoms with van der Waals surface area (Å²) >= 11 is 3.39. The van der Waals surface area contributed by atoms with E-state index in [4.69, 9.17) is 4.74 Å². The van der Waals surface area contributed by atoms with Gasteiger partial charge in [-0.3, -0.25) is 4.79 Å². The molecule has 1 amide bonds. The number of rotatable bonds is 4. The lowest BCUT2D eigenvalue weighted by Gasteiger charge is -2.18. The highest BCUT2D eigenvalue weighted by atomic mass is 79.9. The Morgan fingerprint density at radius 1 is 1.47 bits per heavy atom. The summed E-state index contributed by atoms with van der Waals surface area (Å²) in [7, 11) is 1.61. The second-order valence-corrected chi connectivity index (χ2v) is 5.56. The van der Waals surface area contributed by atoms with E-state index in [1.807, 2.05) is 0 Å². The molecule has 4 heteroatoms. The van der Waals surface area contributed by atoms with Gasteiger partial charge in [0.1, 0.15) is 5.75 Å². The smallest absolute Gasteiger partial charge is 0.251 e. The molecule has 1 aliphatic carbocycles. The molecule has 1 unspecified atom stereocenters. The molecule has 0 spiro atoms. The first-order valence-corrected chi connectivity index (χ1v) is 7.26. The number of halogens is 1. The summed E-state index contributed by atoms with van der Waals surface area (Å²) < 4.78 is 5.94. The molecule has 1 N–H and O–H groups in total. The third-order valence-electron chi connectivity index (χ3n) is 3.34. The first kappa shape index (κ1) is 14.1. The lowest BCUT2D eigenvalue weighted by atomic mass is 9.94. The molecule has 2 rings (SSSR count). The van der Waals surface area contributed by atoms with Crippen LogP contribution in [0, 0.1) is 5.92 Å². The van der Waals surface area contributed by atoms with Crippen LogP contribution in [0.15, 0.2) is 34.8 Å². The summed E-state index contributed by atoms with van der Waals surface area (Å²) in [5, 5.41) is 3.00. The minimum atomic E-state index is -0.0297. The van der Waals surface area contributed by atoms with Crippen LogP contribution >= 0.6 is 15.9 Å². The lowest BCUT2D eigenvalue weighted by Crippen LogP contribution is -2.29. The van der Waals surface area contributed by atoms with Crippen molar-refractivity contribution in [2.75, 3.05) is 13.7 Å². The Hall–Kier alpha value is -1.29. The lowest BCUT2D eigenvalue weighted by molar-refractivity contribution is 0.0946. The van der Waals surface area contributed by atoms with Gasteiger partial charge in [0.2, 0.25) is 0 Å². The summed E-state index contributed by atoms with van der Waals surface area (Å²) in [6, 6.07) is 5.36. The van der Waals surface area contributed by atoms with Crippen LogP contribution in [0.3, 0.4) is 0 Å². The zero-order chi connectivity index (χ0) is 13.7. The molecule has 0 saturated heterocycles. The monoisotopic (exact) mass is 323 g/mol. The van der Waals surface area contributed by atoms with Crippen molar-refractivity contribution in [3.63, 3.8) is 0 Å². The zero-order valence-corrected chi connectivity index (χ0v) is 12.6. The van der Waals surface area contributed by atoms with Crippen molar-refractivity contribution in [1.29, 1.82) is 0 Å². The van der Waals surface area contributed by atoms with Crippen LogP contribution in [0.5, 0.6) is 5.75 Å². The van der Waals surface area contributed by atoms with E-state index in [0.717, 1.165) is 36.0 Å². The summed E-state index contributed by atoms with van der Waals surface area (Å²) in [5.74, 6) is 1.27. The first-order valence-electron chi connectivity index (χ1n) is 6.47. The Bertz CT molecular complexity index is 485. The van der Waals surface area contributed by atoms with Crippen LogP contribution in [-0.4, -0.2) is 19.6 Å². The van der Waals surface area contributed by atoms with E-state index in [9.17, 15) is 4.79 Å². The Morgan fingerprint density at radius 2 is 2.32 bits per heavy atom. The fraction of sp³-hybridized carbons (Fsp3) is 0.400. The van der Waals surface area contributed by atoms with E-state index in [0.29, 0.717) is 11.5 Å². The Kier molecular flexibility index (Phi) is 5.02. The largest absolute Gasteiger partial charge is 0.496 e. The van der Waals surface area contributed by atoms with Crippen molar-refractivity contribution in [3.05, 3.63) is 40.4 Å². The van der Waals surface area contributed by atoms with Crippen molar-refractivity contribution in [3.8, 4) is 5.75 Å². The minimum absolute atomic E-state index is 0.0297. The second-order valence-electron chi connectivity index (χ2n) is 4.71. The maximum Gasteiger partial charge on any atom is 0.251 e. The molecule has 1 atom stereocenters. The number of carbonyl (C=O) groups excluding carboxylic acids is 1. The fourth-order valence-corrected chi connectivity index (χ4v) is 2.73. The molecule has 0 heterocycles. The molecule has 0 saturated carbocycles. The summed E-state index contributed by atoms with van der Waals surface area (Å²) in [5.41, 5.74) is 0.652. The molecule has 1 aromatic rings. The molecule has 0 bridgehead atoms. The van der Waals surface area contributed by atoms with E-state index in [1.54, 1.807) is 25.3 Å². The third-order valence-corrected chi connectivity index (χ3v) is 3.96. The summed E-state index contributed by atoms with van der Waals surface area (Å²) in [6.07, 6.45) is 7.74. The molecular formula is C15H18BrNO2. The van der Waals surface area contributed by atoms with Crippen molar-refractivity contribution in [1.82, 2.24) is 5.32 Å². The highest BCUT2D eigenvalue weighted by Crippen LogP contribution is 2.25. The summed E-state index contributed by atoms with van der Waals surface area (Å²) in [4.78, 5) is 12.0. The van der Waals surface area contributed by atoms with E-state index in [1.165, 1.54) is 0 Å². The molecule has 0 radical (unpaired) electrons. The maximum absolute atomic E-state index is 12.0. The van der Waals surface area contributed by atoms with Crippen LogP contribution in [0.25, 0.3) is 0 Å². The Balaban J connectivity index is 1.92. The molecule has 0 aliphatic heterocycles. The molecule has 1 aromatic carbocycles. The van der Waals surface area contributed by atoms with Gasteiger partial charge in [-0.1, -0.05) is 12.2 Å². The number of methoxy groups -OCH3 is 1. The van der Waals surface area contributed by atoms with Crippen LogP contribution in [-0.2, 0) is 0 Å². The number of ether oxygens (including phenoxy) is 1. The molecular weight excluding hydrogens is 306 g/mol. The fourth-order valence-electron chi connectivity index (χ4n) is 2.19. The van der Waals surface area contributed by atoms with Gasteiger partial charge in [0.25, 0.3) is 5.91 Å². The Morgan fingerprint density at radius 3 is 2.95 bits per heavy atom. The molecule has 102 valence electrons. The Labute approximate surface area is 122 Å². The SMILES string of the molecule is COc1ccc(C(=O)NCC2CC=CCC2)cc1Br. The van der Waals surface area contributed by atoms with Gasteiger partial charge in [0, 0.05) is 12.1 Å². The highest BCUT2D eigenvalue weighted by molar-refractivity contribution is 9.10. The van der Waals surface area contributed by atoms with Gasteiger partial charge >= 0.3 is 0 Å². The van der Waals surface area contributed by atoms with Gasteiger partial charge in [-0.05, 0) is 59.3 Å². The van der Waals surface area contributed by atoms with Crippen molar-refractivity contribution in [2.24, 2.45) is 5.92 Å². The van der Waals surface area contributed by atoms with Crippen LogP contribution in [0.4, 0.5) is 0 Å². The van der Waals surface area contributed by atoms with Crippen LogP contribution in [0.2, 0.25) is 0 Å². The van der Waals surface area contributed by atoms with Gasteiger partial charge in [-0.2, -0.15) is 0 Å². The number of benzene rings is 1. The second kappa shape index (κ2) is 6.75. The van der Waals surface area contributed by atoms with E-state index >= 15 is 0 Å².